The van der Waals surface area contributed by atoms with Crippen LogP contribution in [0.5, 0.6) is 0 Å². The van der Waals surface area contributed by atoms with E-state index in [0.29, 0.717) is 30.0 Å². The lowest BCUT2D eigenvalue weighted by Crippen LogP contribution is -2.44. The normalized spacial score (nSPS) is 16.9. The largest absolute Gasteiger partial charge is 0.343 e. The summed E-state index contributed by atoms with van der Waals surface area (Å²) in [6.45, 7) is 1.80. The van der Waals surface area contributed by atoms with Gasteiger partial charge in [0, 0.05) is 48.6 Å². The van der Waals surface area contributed by atoms with Crippen LogP contribution >= 0.6 is 12.4 Å². The smallest absolute Gasteiger partial charge is 0.261 e. The number of carbonyl (C=O) groups is 3. The maximum atomic E-state index is 12.9. The Morgan fingerprint density at radius 2 is 1.62 bits per heavy atom. The van der Waals surface area contributed by atoms with Crippen LogP contribution in [0.15, 0.2) is 36.4 Å². The van der Waals surface area contributed by atoms with Crippen LogP contribution in [0, 0.1) is 0 Å². The molecule has 154 valence electrons. The van der Waals surface area contributed by atoms with Gasteiger partial charge in [0.05, 0.1) is 0 Å². The Morgan fingerprint density at radius 1 is 1.03 bits per heavy atom. The monoisotopic (exact) mass is 415 g/mol. The van der Waals surface area contributed by atoms with Crippen molar-refractivity contribution in [3.8, 4) is 0 Å². The van der Waals surface area contributed by atoms with Gasteiger partial charge in [0.25, 0.3) is 11.8 Å². The van der Waals surface area contributed by atoms with Crippen LogP contribution in [0.2, 0.25) is 0 Å². The summed E-state index contributed by atoms with van der Waals surface area (Å²) in [6, 6.07) is 11.5. The molecule has 29 heavy (non-hydrogen) atoms. The maximum Gasteiger partial charge on any atom is 0.261 e. The van der Waals surface area contributed by atoms with Gasteiger partial charge in [0.15, 0.2) is 0 Å². The number of nitrogens with one attached hydrogen (secondary N) is 1. The van der Waals surface area contributed by atoms with Gasteiger partial charge >= 0.3 is 0 Å². The van der Waals surface area contributed by atoms with Crippen molar-refractivity contribution in [1.82, 2.24) is 15.1 Å². The number of hydrogen-bond donors (Lipinski definition) is 1. The molecule has 0 aliphatic carbocycles. The summed E-state index contributed by atoms with van der Waals surface area (Å²) in [5, 5.41) is 4.89. The first kappa shape index (κ1) is 21.3. The van der Waals surface area contributed by atoms with Crippen LogP contribution in [0.25, 0.3) is 10.8 Å². The van der Waals surface area contributed by atoms with E-state index in [1.54, 1.807) is 12.1 Å². The lowest BCUT2D eigenvalue weighted by molar-refractivity contribution is -0.132. The summed E-state index contributed by atoms with van der Waals surface area (Å²) < 4.78 is 0. The first-order valence-corrected chi connectivity index (χ1v) is 9.93. The van der Waals surface area contributed by atoms with Gasteiger partial charge in [-0.15, -0.1) is 12.4 Å². The molecule has 0 aromatic heterocycles. The maximum absolute atomic E-state index is 12.9. The van der Waals surface area contributed by atoms with Gasteiger partial charge in [0.1, 0.15) is 0 Å². The fourth-order valence-corrected chi connectivity index (χ4v) is 4.25. The molecule has 2 aliphatic rings. The average Bonchev–Trinajstić information content (AvgIpc) is 2.74. The van der Waals surface area contributed by atoms with Crippen molar-refractivity contribution in [1.29, 1.82) is 0 Å². The minimum Gasteiger partial charge on any atom is -0.343 e. The number of nitrogens with zero attached hydrogens (tertiary/aromatic N) is 2. The third-order valence-electron chi connectivity index (χ3n) is 5.88. The van der Waals surface area contributed by atoms with E-state index in [-0.39, 0.29) is 36.7 Å². The molecule has 2 aromatic rings. The first-order valence-electron chi connectivity index (χ1n) is 9.93. The average molecular weight is 416 g/mol. The summed E-state index contributed by atoms with van der Waals surface area (Å²) in [5.41, 5.74) is 1.13. The minimum atomic E-state index is -0.267. The van der Waals surface area contributed by atoms with E-state index in [2.05, 4.69) is 5.32 Å². The zero-order valence-electron chi connectivity index (χ0n) is 16.5. The Labute approximate surface area is 176 Å². The zero-order chi connectivity index (χ0) is 19.7. The van der Waals surface area contributed by atoms with Gasteiger partial charge < -0.3 is 10.2 Å². The summed E-state index contributed by atoms with van der Waals surface area (Å²) in [5.74, 6) is -0.429. The van der Waals surface area contributed by atoms with Crippen molar-refractivity contribution < 1.29 is 14.4 Å². The van der Waals surface area contributed by atoms with Crippen molar-refractivity contribution >= 4 is 40.9 Å². The highest BCUT2D eigenvalue weighted by Gasteiger charge is 2.32. The molecule has 1 N–H and O–H groups in total. The standard InChI is InChI=1S/C22H25N3O3.ClH/c1-23-16-10-13-24(14-11-16)19(26)9-4-12-25-21(27)17-7-2-5-15-6-3-8-18(20(15)17)22(25)28;/h2-3,5-8,16,23H,4,9-14H2,1H3;1H. The molecule has 1 fully saturated rings. The molecular weight excluding hydrogens is 390 g/mol. The van der Waals surface area contributed by atoms with Gasteiger partial charge in [-0.1, -0.05) is 24.3 Å². The summed E-state index contributed by atoms with van der Waals surface area (Å²) in [6.07, 6.45) is 2.77. The molecule has 6 nitrogen and oxygen atoms in total. The second-order valence-electron chi connectivity index (χ2n) is 7.52. The third kappa shape index (κ3) is 4.00. The summed E-state index contributed by atoms with van der Waals surface area (Å²) >= 11 is 0. The second-order valence-corrected chi connectivity index (χ2v) is 7.52. The highest BCUT2D eigenvalue weighted by atomic mass is 35.5. The van der Waals surface area contributed by atoms with Crippen molar-refractivity contribution in [2.45, 2.75) is 31.7 Å². The van der Waals surface area contributed by atoms with E-state index in [9.17, 15) is 14.4 Å². The van der Waals surface area contributed by atoms with E-state index in [4.69, 9.17) is 0 Å². The molecule has 1 saturated heterocycles. The van der Waals surface area contributed by atoms with Crippen LogP contribution in [0.3, 0.4) is 0 Å². The van der Waals surface area contributed by atoms with E-state index in [0.717, 1.165) is 36.7 Å². The Kier molecular flexibility index (Phi) is 6.55. The van der Waals surface area contributed by atoms with Gasteiger partial charge in [-0.25, -0.2) is 0 Å². The van der Waals surface area contributed by atoms with Gasteiger partial charge in [-0.05, 0) is 43.8 Å². The fraction of sp³-hybridized carbons (Fsp3) is 0.409. The van der Waals surface area contributed by atoms with Crippen molar-refractivity contribution in [3.05, 3.63) is 47.5 Å². The molecule has 3 amide bonds. The zero-order valence-corrected chi connectivity index (χ0v) is 17.3. The SMILES string of the molecule is CNC1CCN(C(=O)CCCN2C(=O)c3cccc4cccc(c34)C2=O)CC1.Cl. The Balaban J connectivity index is 0.00000240. The van der Waals surface area contributed by atoms with Gasteiger partial charge in [-0.3, -0.25) is 19.3 Å². The third-order valence-corrected chi connectivity index (χ3v) is 5.88. The van der Waals surface area contributed by atoms with Crippen LogP contribution in [0.4, 0.5) is 0 Å². The van der Waals surface area contributed by atoms with E-state index in [1.807, 2.05) is 36.2 Å². The number of imide groups is 1. The number of rotatable bonds is 5. The number of carbonyl (C=O) groups excluding carboxylic acids is 3. The Bertz CT molecular complexity index is 887. The number of amides is 3. The predicted molar refractivity (Wildman–Crippen MR) is 114 cm³/mol. The van der Waals surface area contributed by atoms with Gasteiger partial charge in [0.2, 0.25) is 5.91 Å². The molecule has 2 heterocycles. The molecule has 2 aliphatic heterocycles. The Morgan fingerprint density at radius 3 is 2.17 bits per heavy atom. The van der Waals surface area contributed by atoms with E-state index in [1.165, 1.54) is 4.90 Å². The molecule has 7 heteroatoms. The van der Waals surface area contributed by atoms with Crippen molar-refractivity contribution in [3.63, 3.8) is 0 Å². The minimum absolute atomic E-state index is 0. The lowest BCUT2D eigenvalue weighted by atomic mass is 9.94. The second kappa shape index (κ2) is 8.93. The van der Waals surface area contributed by atoms with Crippen molar-refractivity contribution in [2.24, 2.45) is 0 Å². The van der Waals surface area contributed by atoms with E-state index < -0.39 is 0 Å². The molecule has 2 aromatic carbocycles. The lowest BCUT2D eigenvalue weighted by Gasteiger charge is -2.32. The number of benzene rings is 2. The topological polar surface area (TPSA) is 69.7 Å². The number of piperidine rings is 1. The molecule has 0 bridgehead atoms. The number of halogens is 1. The molecule has 0 unspecified atom stereocenters. The first-order chi connectivity index (χ1) is 13.6. The van der Waals surface area contributed by atoms with Crippen LogP contribution in [-0.2, 0) is 4.79 Å². The molecule has 0 spiro atoms. The quantitative estimate of drug-likeness (QED) is 0.762. The van der Waals surface area contributed by atoms with Gasteiger partial charge in [-0.2, -0.15) is 0 Å². The molecule has 0 atom stereocenters. The van der Waals surface area contributed by atoms with Crippen molar-refractivity contribution in [2.75, 3.05) is 26.7 Å². The predicted octanol–water partition coefficient (Wildman–Crippen LogP) is 2.85. The van der Waals surface area contributed by atoms with E-state index >= 15 is 0 Å². The highest BCUT2D eigenvalue weighted by Crippen LogP contribution is 2.30. The number of hydrogen-bond acceptors (Lipinski definition) is 4. The van der Waals surface area contributed by atoms with Crippen LogP contribution < -0.4 is 5.32 Å². The fourth-order valence-electron chi connectivity index (χ4n) is 4.25. The highest BCUT2D eigenvalue weighted by molar-refractivity contribution is 6.25. The molecule has 4 rings (SSSR count). The van der Waals surface area contributed by atoms with Crippen LogP contribution in [0.1, 0.15) is 46.4 Å². The molecule has 0 radical (unpaired) electrons. The van der Waals surface area contributed by atoms with Crippen LogP contribution in [-0.4, -0.2) is 60.2 Å². The number of likely N-dealkylation sites (tertiary alicyclic amines) is 1. The molecular formula is C22H26ClN3O3. The summed E-state index contributed by atoms with van der Waals surface area (Å²) in [4.78, 5) is 41.4. The summed E-state index contributed by atoms with van der Waals surface area (Å²) in [7, 11) is 1.95. The molecule has 0 saturated carbocycles. The Hall–Kier alpha value is -2.44.